The molecule has 0 radical (unpaired) electrons. The Balaban J connectivity index is 1.40. The van der Waals surface area contributed by atoms with E-state index in [9.17, 15) is 18.0 Å². The third-order valence-corrected chi connectivity index (χ3v) is 4.70. The average molecular weight is 375 g/mol. The monoisotopic (exact) mass is 375 g/mol. The highest BCUT2D eigenvalue weighted by molar-refractivity contribution is 5.94. The standard InChI is InChI=1S/C16H24F3N5O2/c17-16(18,19)11-26-9-1-4-23-5-7-24(8-6-23)15(25)14-12-10-20-3-2-13(12)21-22-14/h20H,1-11H2,(H,21,22). The molecule has 10 heteroatoms. The summed E-state index contributed by atoms with van der Waals surface area (Å²) in [5.41, 5.74) is 2.50. The molecule has 0 spiro atoms. The van der Waals surface area contributed by atoms with Crippen LogP contribution in [0.15, 0.2) is 0 Å². The fourth-order valence-electron chi connectivity index (χ4n) is 3.30. The number of aromatic nitrogens is 2. The number of hydrogen-bond acceptors (Lipinski definition) is 5. The Labute approximate surface area is 149 Å². The maximum absolute atomic E-state index is 12.7. The Bertz CT molecular complexity index is 612. The molecule has 146 valence electrons. The number of ether oxygens (including phenoxy) is 1. The third kappa shape index (κ3) is 4.95. The lowest BCUT2D eigenvalue weighted by Gasteiger charge is -2.34. The first kappa shape index (κ1) is 19.1. The van der Waals surface area contributed by atoms with Gasteiger partial charge in [0.15, 0.2) is 5.69 Å². The average Bonchev–Trinajstić information content (AvgIpc) is 3.04. The van der Waals surface area contributed by atoms with Crippen molar-refractivity contribution in [1.29, 1.82) is 0 Å². The largest absolute Gasteiger partial charge is 0.411 e. The number of alkyl halides is 3. The summed E-state index contributed by atoms with van der Waals surface area (Å²) < 4.78 is 40.6. The van der Waals surface area contributed by atoms with Crippen LogP contribution in [0.2, 0.25) is 0 Å². The molecule has 2 N–H and O–H groups in total. The van der Waals surface area contributed by atoms with E-state index in [4.69, 9.17) is 0 Å². The number of nitrogens with one attached hydrogen (secondary N) is 2. The Morgan fingerprint density at radius 2 is 2.00 bits per heavy atom. The highest BCUT2D eigenvalue weighted by Gasteiger charge is 2.29. The molecule has 1 fully saturated rings. The van der Waals surface area contributed by atoms with E-state index in [1.807, 2.05) is 0 Å². The van der Waals surface area contributed by atoms with Gasteiger partial charge < -0.3 is 15.0 Å². The SMILES string of the molecule is O=C(c1n[nH]c2c1CNCC2)N1CCN(CCCOCC(F)(F)F)CC1. The number of fused-ring (bicyclic) bond motifs is 1. The lowest BCUT2D eigenvalue weighted by Crippen LogP contribution is -2.49. The molecule has 3 rings (SSSR count). The predicted octanol–water partition coefficient (Wildman–Crippen LogP) is 0.782. The molecule has 0 bridgehead atoms. The maximum atomic E-state index is 12.7. The molecule has 0 unspecified atom stereocenters. The van der Waals surface area contributed by atoms with Crippen LogP contribution in [0.4, 0.5) is 13.2 Å². The van der Waals surface area contributed by atoms with Crippen molar-refractivity contribution in [3.63, 3.8) is 0 Å². The lowest BCUT2D eigenvalue weighted by molar-refractivity contribution is -0.174. The van der Waals surface area contributed by atoms with Crippen molar-refractivity contribution in [3.05, 3.63) is 17.0 Å². The van der Waals surface area contributed by atoms with Crippen molar-refractivity contribution in [2.75, 3.05) is 52.5 Å². The number of piperazine rings is 1. The first-order valence-corrected chi connectivity index (χ1v) is 8.87. The van der Waals surface area contributed by atoms with Gasteiger partial charge in [0.2, 0.25) is 0 Å². The van der Waals surface area contributed by atoms with Crippen molar-refractivity contribution in [3.8, 4) is 0 Å². The number of rotatable bonds is 6. The Morgan fingerprint density at radius 3 is 2.73 bits per heavy atom. The van der Waals surface area contributed by atoms with Gasteiger partial charge in [0.1, 0.15) is 6.61 Å². The van der Waals surface area contributed by atoms with Crippen LogP contribution in [0.5, 0.6) is 0 Å². The normalized spacial score (nSPS) is 18.8. The van der Waals surface area contributed by atoms with Crippen molar-refractivity contribution < 1.29 is 22.7 Å². The van der Waals surface area contributed by atoms with Crippen molar-refractivity contribution in [2.24, 2.45) is 0 Å². The molecule has 3 heterocycles. The predicted molar refractivity (Wildman–Crippen MR) is 87.8 cm³/mol. The molecule has 2 aliphatic rings. The number of aromatic amines is 1. The minimum atomic E-state index is -4.27. The third-order valence-electron chi connectivity index (χ3n) is 4.70. The van der Waals surface area contributed by atoms with E-state index in [0.717, 1.165) is 24.2 Å². The summed E-state index contributed by atoms with van der Waals surface area (Å²) >= 11 is 0. The van der Waals surface area contributed by atoms with Gasteiger partial charge in [-0.25, -0.2) is 0 Å². The summed E-state index contributed by atoms with van der Waals surface area (Å²) in [5, 5.41) is 10.4. The van der Waals surface area contributed by atoms with Crippen LogP contribution in [0.1, 0.15) is 28.2 Å². The summed E-state index contributed by atoms with van der Waals surface area (Å²) in [6, 6.07) is 0. The number of amides is 1. The zero-order valence-electron chi connectivity index (χ0n) is 14.6. The van der Waals surface area contributed by atoms with Gasteiger partial charge in [-0.3, -0.25) is 14.8 Å². The number of H-pyrrole nitrogens is 1. The van der Waals surface area contributed by atoms with Crippen LogP contribution in [0, 0.1) is 0 Å². The topological polar surface area (TPSA) is 73.5 Å². The molecule has 0 aromatic carbocycles. The molecular weight excluding hydrogens is 351 g/mol. The highest BCUT2D eigenvalue weighted by atomic mass is 19.4. The van der Waals surface area contributed by atoms with Gasteiger partial charge in [0.05, 0.1) is 0 Å². The van der Waals surface area contributed by atoms with Crippen LogP contribution in [0.25, 0.3) is 0 Å². The Morgan fingerprint density at radius 1 is 1.23 bits per heavy atom. The fourth-order valence-corrected chi connectivity index (χ4v) is 3.30. The zero-order valence-corrected chi connectivity index (χ0v) is 14.6. The van der Waals surface area contributed by atoms with Crippen LogP contribution in [-0.2, 0) is 17.7 Å². The lowest BCUT2D eigenvalue weighted by atomic mass is 10.1. The van der Waals surface area contributed by atoms with E-state index in [1.54, 1.807) is 4.90 Å². The molecule has 7 nitrogen and oxygen atoms in total. The molecule has 26 heavy (non-hydrogen) atoms. The molecule has 0 atom stereocenters. The second-order valence-corrected chi connectivity index (χ2v) is 6.61. The van der Waals surface area contributed by atoms with Gasteiger partial charge in [-0.2, -0.15) is 18.3 Å². The summed E-state index contributed by atoms with van der Waals surface area (Å²) in [7, 11) is 0. The molecule has 0 aliphatic carbocycles. The van der Waals surface area contributed by atoms with Gasteiger partial charge in [0.25, 0.3) is 5.91 Å². The number of halogens is 3. The zero-order chi connectivity index (χ0) is 18.6. The molecule has 1 saturated heterocycles. The first-order chi connectivity index (χ1) is 12.4. The van der Waals surface area contributed by atoms with Crippen LogP contribution in [0.3, 0.4) is 0 Å². The molecule has 1 amide bonds. The summed E-state index contributed by atoms with van der Waals surface area (Å²) in [4.78, 5) is 16.6. The first-order valence-electron chi connectivity index (χ1n) is 8.87. The van der Waals surface area contributed by atoms with Crippen molar-refractivity contribution in [2.45, 2.75) is 25.6 Å². The van der Waals surface area contributed by atoms with Gasteiger partial charge >= 0.3 is 6.18 Å². The van der Waals surface area contributed by atoms with Crippen LogP contribution in [-0.4, -0.2) is 84.6 Å². The number of nitrogens with zero attached hydrogens (tertiary/aromatic N) is 3. The Kier molecular flexibility index (Phi) is 6.15. The van der Waals surface area contributed by atoms with E-state index in [2.05, 4.69) is 25.2 Å². The van der Waals surface area contributed by atoms with E-state index >= 15 is 0 Å². The maximum Gasteiger partial charge on any atom is 0.411 e. The molecular formula is C16H24F3N5O2. The molecule has 2 aliphatic heterocycles. The minimum Gasteiger partial charge on any atom is -0.372 e. The second kappa shape index (κ2) is 8.36. The van der Waals surface area contributed by atoms with Gasteiger partial charge in [0, 0.05) is 70.1 Å². The van der Waals surface area contributed by atoms with E-state index in [0.29, 0.717) is 51.4 Å². The number of carbonyl (C=O) groups excluding carboxylic acids is 1. The molecule has 1 aromatic heterocycles. The fraction of sp³-hybridized carbons (Fsp3) is 0.750. The molecule has 1 aromatic rings. The van der Waals surface area contributed by atoms with Gasteiger partial charge in [-0.15, -0.1) is 0 Å². The van der Waals surface area contributed by atoms with Crippen molar-refractivity contribution in [1.82, 2.24) is 25.3 Å². The quantitative estimate of drug-likeness (QED) is 0.719. The Hall–Kier alpha value is -1.65. The summed E-state index contributed by atoms with van der Waals surface area (Å²) in [5.74, 6) is -0.0561. The number of carbonyl (C=O) groups is 1. The second-order valence-electron chi connectivity index (χ2n) is 6.61. The van der Waals surface area contributed by atoms with Gasteiger partial charge in [-0.05, 0) is 6.42 Å². The molecule has 0 saturated carbocycles. The smallest absolute Gasteiger partial charge is 0.372 e. The summed E-state index contributed by atoms with van der Waals surface area (Å²) in [6.07, 6.45) is -2.88. The number of hydrogen-bond donors (Lipinski definition) is 2. The highest BCUT2D eigenvalue weighted by Crippen LogP contribution is 2.18. The van der Waals surface area contributed by atoms with E-state index in [1.165, 1.54) is 0 Å². The van der Waals surface area contributed by atoms with Gasteiger partial charge in [-0.1, -0.05) is 0 Å². The van der Waals surface area contributed by atoms with E-state index in [-0.39, 0.29) is 12.5 Å². The van der Waals surface area contributed by atoms with Crippen LogP contribution >= 0.6 is 0 Å². The van der Waals surface area contributed by atoms with Crippen molar-refractivity contribution >= 4 is 5.91 Å². The summed E-state index contributed by atoms with van der Waals surface area (Å²) in [6.45, 7) is 3.70. The minimum absolute atomic E-state index is 0.0561. The van der Waals surface area contributed by atoms with E-state index < -0.39 is 12.8 Å². The van der Waals surface area contributed by atoms with Crippen LogP contribution < -0.4 is 5.32 Å².